The average molecular weight is 195 g/mol. The number of carbonyl (C=O) groups is 1. The van der Waals surface area contributed by atoms with Gasteiger partial charge in [0.2, 0.25) is 0 Å². The molecule has 0 saturated carbocycles. The topological polar surface area (TPSA) is 40.1 Å². The minimum Gasteiger partial charge on any atom is -0.545 e. The smallest absolute Gasteiger partial charge is 0.545 e. The molecule has 1 aromatic rings. The van der Waals surface area contributed by atoms with Crippen LogP contribution in [0.5, 0.6) is 0 Å². The van der Waals surface area contributed by atoms with Gasteiger partial charge in [0.05, 0.1) is 5.97 Å². The van der Waals surface area contributed by atoms with Gasteiger partial charge in [-0.25, -0.2) is 0 Å². The molecule has 0 fully saturated rings. The molecule has 11 heavy (non-hydrogen) atoms. The molecule has 0 spiro atoms. The second-order valence-corrected chi connectivity index (χ2v) is 2.17. The second-order valence-electron chi connectivity index (χ2n) is 1.77. The van der Waals surface area contributed by atoms with Crippen molar-refractivity contribution < 1.29 is 61.3 Å². The van der Waals surface area contributed by atoms with Crippen molar-refractivity contribution in [2.45, 2.75) is 0 Å². The van der Waals surface area contributed by atoms with Gasteiger partial charge in [-0.15, -0.1) is 0 Å². The molecule has 4 heteroatoms. The molecule has 0 aromatic heterocycles. The normalized spacial score (nSPS) is 8.45. The van der Waals surface area contributed by atoms with Crippen LogP contribution in [0.1, 0.15) is 10.4 Å². The van der Waals surface area contributed by atoms with Crippen molar-refractivity contribution in [2.75, 3.05) is 0 Å². The Balaban J connectivity index is 0.000001000. The molecule has 52 valence electrons. The van der Waals surface area contributed by atoms with Crippen molar-refractivity contribution >= 4 is 17.6 Å². The maximum atomic E-state index is 10.2. The maximum Gasteiger partial charge on any atom is 1.00 e. The molecule has 0 saturated heterocycles. The van der Waals surface area contributed by atoms with Gasteiger partial charge in [-0.3, -0.25) is 0 Å². The van der Waals surface area contributed by atoms with Gasteiger partial charge in [0.1, 0.15) is 0 Å². The van der Waals surface area contributed by atoms with Crippen LogP contribution in [0.25, 0.3) is 0 Å². The quantitative estimate of drug-likeness (QED) is 0.473. The summed E-state index contributed by atoms with van der Waals surface area (Å²) in [6, 6.07) is 6.16. The van der Waals surface area contributed by atoms with E-state index in [9.17, 15) is 9.90 Å². The number of carboxylic acid groups (broad SMARTS) is 1. The van der Waals surface area contributed by atoms with Gasteiger partial charge >= 0.3 is 51.4 Å². The first kappa shape index (κ1) is 11.6. The van der Waals surface area contributed by atoms with Crippen LogP contribution >= 0.6 is 11.6 Å². The Bertz CT molecular complexity index is 262. The summed E-state index contributed by atoms with van der Waals surface area (Å²) in [5.74, 6) is -1.24. The van der Waals surface area contributed by atoms with Crippen LogP contribution in [0, 0.1) is 0 Å². The summed E-state index contributed by atoms with van der Waals surface area (Å²) < 4.78 is 0. The summed E-state index contributed by atoms with van der Waals surface area (Å²) in [5.41, 5.74) is 0.0316. The predicted octanol–water partition coefficient (Wildman–Crippen LogP) is -2.29. The molecule has 0 unspecified atom stereocenters. The molecule has 0 aliphatic rings. The molecule has 1 rings (SSSR count). The van der Waals surface area contributed by atoms with E-state index in [4.69, 9.17) is 11.6 Å². The van der Waals surface area contributed by atoms with Crippen molar-refractivity contribution in [1.29, 1.82) is 0 Å². The third-order valence-electron chi connectivity index (χ3n) is 1.09. The number of halogens is 1. The zero-order valence-electron chi connectivity index (χ0n) is 6.00. The first-order chi connectivity index (χ1) is 4.72. The van der Waals surface area contributed by atoms with Crippen LogP contribution in [0.3, 0.4) is 0 Å². The summed E-state index contributed by atoms with van der Waals surface area (Å²) in [4.78, 5) is 10.2. The zero-order chi connectivity index (χ0) is 7.56. The molecule has 0 amide bonds. The maximum absolute atomic E-state index is 10.2. The minimum absolute atomic E-state index is 0. The second kappa shape index (κ2) is 5.30. The molecular weight excluding hydrogens is 191 g/mol. The molecule has 0 atom stereocenters. The van der Waals surface area contributed by atoms with Crippen molar-refractivity contribution in [3.05, 3.63) is 34.9 Å². The van der Waals surface area contributed by atoms with Gasteiger partial charge in [0.25, 0.3) is 0 Å². The van der Waals surface area contributed by atoms with E-state index in [-0.39, 0.29) is 62.0 Å². The third kappa shape index (κ3) is 3.23. The minimum atomic E-state index is -1.24. The Morgan fingerprint density at radius 1 is 1.36 bits per heavy atom. The predicted molar refractivity (Wildman–Crippen MR) is 35.8 cm³/mol. The number of carboxylic acids is 1. The Hall–Kier alpha value is 0.616. The monoisotopic (exact) mass is 194 g/mol. The Morgan fingerprint density at radius 3 is 2.27 bits per heavy atom. The number of aromatic carboxylic acids is 1. The van der Waals surface area contributed by atoms with Gasteiger partial charge < -0.3 is 9.90 Å². The first-order valence-electron chi connectivity index (χ1n) is 2.67. The van der Waals surface area contributed by atoms with E-state index in [1.54, 1.807) is 12.1 Å². The third-order valence-corrected chi connectivity index (χ3v) is 1.42. The Kier molecular flexibility index (Phi) is 5.59. The van der Waals surface area contributed by atoms with E-state index in [1.165, 1.54) is 12.1 Å². The molecule has 0 radical (unpaired) electrons. The van der Waals surface area contributed by atoms with E-state index >= 15 is 0 Å². The van der Waals surface area contributed by atoms with Crippen LogP contribution < -0.4 is 56.5 Å². The van der Waals surface area contributed by atoms with E-state index in [2.05, 4.69) is 0 Å². The number of hydrogen-bond acceptors (Lipinski definition) is 2. The van der Waals surface area contributed by atoms with E-state index in [0.29, 0.717) is 0 Å². The number of carbonyl (C=O) groups excluding carboxylic acids is 1. The molecule has 0 bridgehead atoms. The molecule has 0 aliphatic heterocycles. The number of rotatable bonds is 1. The van der Waals surface area contributed by atoms with Crippen LogP contribution in [0.15, 0.2) is 24.3 Å². The molecular formula is C7H4ClKO2. The molecule has 2 nitrogen and oxygen atoms in total. The SMILES string of the molecule is O=C([O-])c1ccccc1Cl.[K+]. The average Bonchev–Trinajstić information content (AvgIpc) is 1.88. The molecule has 0 N–H and O–H groups in total. The fourth-order valence-electron chi connectivity index (χ4n) is 0.627. The molecule has 1 aromatic carbocycles. The summed E-state index contributed by atoms with van der Waals surface area (Å²) in [7, 11) is 0. The fraction of sp³-hybridized carbons (Fsp3) is 0. The molecule has 0 aliphatic carbocycles. The fourth-order valence-corrected chi connectivity index (χ4v) is 0.840. The Labute approximate surface area is 112 Å². The number of benzene rings is 1. The van der Waals surface area contributed by atoms with E-state index in [1.807, 2.05) is 0 Å². The van der Waals surface area contributed by atoms with Gasteiger partial charge in [-0.1, -0.05) is 29.8 Å². The van der Waals surface area contributed by atoms with E-state index < -0.39 is 5.97 Å². The van der Waals surface area contributed by atoms with Crippen LogP contribution in [0.4, 0.5) is 0 Å². The Morgan fingerprint density at radius 2 is 1.91 bits per heavy atom. The van der Waals surface area contributed by atoms with Crippen LogP contribution in [-0.4, -0.2) is 5.97 Å². The zero-order valence-corrected chi connectivity index (χ0v) is 9.88. The standard InChI is InChI=1S/C7H5ClO2.K/c8-6-4-2-1-3-5(6)7(9)10;/h1-4H,(H,9,10);/q;+1/p-1. The summed E-state index contributed by atoms with van der Waals surface area (Å²) in [6.45, 7) is 0. The van der Waals surface area contributed by atoms with Gasteiger partial charge in [0, 0.05) is 10.6 Å². The van der Waals surface area contributed by atoms with Crippen molar-refractivity contribution in [3.63, 3.8) is 0 Å². The van der Waals surface area contributed by atoms with Crippen molar-refractivity contribution in [3.8, 4) is 0 Å². The molecule has 0 heterocycles. The van der Waals surface area contributed by atoms with Gasteiger partial charge in [-0.2, -0.15) is 0 Å². The van der Waals surface area contributed by atoms with Crippen molar-refractivity contribution in [2.24, 2.45) is 0 Å². The summed E-state index contributed by atoms with van der Waals surface area (Å²) >= 11 is 5.50. The van der Waals surface area contributed by atoms with Gasteiger partial charge in [0.15, 0.2) is 0 Å². The largest absolute Gasteiger partial charge is 1.00 e. The van der Waals surface area contributed by atoms with Crippen LogP contribution in [0.2, 0.25) is 5.02 Å². The summed E-state index contributed by atoms with van der Waals surface area (Å²) in [5, 5.41) is 10.4. The number of hydrogen-bond donors (Lipinski definition) is 0. The van der Waals surface area contributed by atoms with Crippen LogP contribution in [-0.2, 0) is 0 Å². The summed E-state index contributed by atoms with van der Waals surface area (Å²) in [6.07, 6.45) is 0. The van der Waals surface area contributed by atoms with Gasteiger partial charge in [-0.05, 0) is 6.07 Å². The first-order valence-corrected chi connectivity index (χ1v) is 3.05. The van der Waals surface area contributed by atoms with E-state index in [0.717, 1.165) is 0 Å². The van der Waals surface area contributed by atoms with Crippen molar-refractivity contribution in [1.82, 2.24) is 0 Å².